The minimum atomic E-state index is -0.506. The first-order valence-corrected chi connectivity index (χ1v) is 13.3. The van der Waals surface area contributed by atoms with Gasteiger partial charge in [0.15, 0.2) is 0 Å². The summed E-state index contributed by atoms with van der Waals surface area (Å²) in [6.45, 7) is 1.97. The molecule has 6 aromatic rings. The van der Waals surface area contributed by atoms with Crippen LogP contribution in [0.2, 0.25) is 5.02 Å². The van der Waals surface area contributed by atoms with Crippen LogP contribution < -0.4 is 20.7 Å². The Hall–Kier alpha value is -5.61. The first-order chi connectivity index (χ1) is 20.4. The van der Waals surface area contributed by atoms with Gasteiger partial charge < -0.3 is 20.5 Å². The topological polar surface area (TPSA) is 126 Å². The molecule has 10 nitrogen and oxygen atoms in total. The van der Waals surface area contributed by atoms with Crippen LogP contribution in [0, 0.1) is 6.92 Å². The van der Waals surface area contributed by atoms with E-state index >= 15 is 0 Å². The third-order valence-corrected chi connectivity index (χ3v) is 6.64. The van der Waals surface area contributed by atoms with Gasteiger partial charge in [-0.25, -0.2) is 14.5 Å². The number of hydrogen-bond donors (Lipinski definition) is 4. The molecular formula is C31H24ClN7O3. The Labute approximate surface area is 245 Å². The fourth-order valence-corrected chi connectivity index (χ4v) is 4.52. The van der Waals surface area contributed by atoms with Crippen molar-refractivity contribution in [1.82, 2.24) is 19.7 Å². The van der Waals surface area contributed by atoms with E-state index in [1.165, 1.54) is 10.7 Å². The maximum absolute atomic E-state index is 13.1. The number of halogens is 1. The summed E-state index contributed by atoms with van der Waals surface area (Å²) < 4.78 is 7.60. The summed E-state index contributed by atoms with van der Waals surface area (Å²) >= 11 is 6.25. The fraction of sp³-hybridized carbons (Fsp3) is 0.0323. The van der Waals surface area contributed by atoms with Gasteiger partial charge in [-0.2, -0.15) is 4.98 Å². The van der Waals surface area contributed by atoms with Gasteiger partial charge in [0.25, 0.3) is 0 Å². The molecule has 2 heterocycles. The number of amides is 2. The number of carbonyl (C=O) groups excluding carboxylic acids is 1. The molecule has 2 amide bonds. The Kier molecular flexibility index (Phi) is 7.27. The van der Waals surface area contributed by atoms with Crippen LogP contribution in [0.25, 0.3) is 16.5 Å². The van der Waals surface area contributed by atoms with Crippen LogP contribution in [0.1, 0.15) is 5.56 Å². The fourth-order valence-electron chi connectivity index (χ4n) is 4.33. The Balaban J connectivity index is 1.22. The van der Waals surface area contributed by atoms with Crippen LogP contribution in [-0.4, -0.2) is 30.9 Å². The molecule has 0 spiro atoms. The zero-order chi connectivity index (χ0) is 29.1. The van der Waals surface area contributed by atoms with Crippen LogP contribution in [0.15, 0.2) is 103 Å². The largest absolute Gasteiger partial charge is 0.492 e. The number of nitrogens with one attached hydrogen (secondary N) is 3. The number of fused-ring (bicyclic) bond motifs is 1. The van der Waals surface area contributed by atoms with E-state index in [1.807, 2.05) is 73.7 Å². The van der Waals surface area contributed by atoms with Crippen LogP contribution in [-0.2, 0) is 0 Å². The van der Waals surface area contributed by atoms with Gasteiger partial charge in [-0.3, -0.25) is 5.32 Å². The molecule has 0 radical (unpaired) electrons. The Morgan fingerprint density at radius 3 is 2.45 bits per heavy atom. The summed E-state index contributed by atoms with van der Waals surface area (Å²) in [5.41, 5.74) is 3.01. The number of carbonyl (C=O) groups is 1. The highest BCUT2D eigenvalue weighted by molar-refractivity contribution is 6.33. The van der Waals surface area contributed by atoms with Crippen molar-refractivity contribution >= 4 is 51.5 Å². The quantitative estimate of drug-likeness (QED) is 0.153. The van der Waals surface area contributed by atoms with Gasteiger partial charge in [-0.15, -0.1) is 5.10 Å². The lowest BCUT2D eigenvalue weighted by Gasteiger charge is -2.14. The number of nitrogens with zero attached hydrogens (tertiary/aromatic N) is 4. The summed E-state index contributed by atoms with van der Waals surface area (Å²) in [4.78, 5) is 21.8. The molecule has 0 aliphatic carbocycles. The zero-order valence-corrected chi connectivity index (χ0v) is 23.0. The second kappa shape index (κ2) is 11.5. The first-order valence-electron chi connectivity index (χ1n) is 12.9. The number of anilines is 4. The van der Waals surface area contributed by atoms with E-state index in [0.717, 1.165) is 16.3 Å². The van der Waals surface area contributed by atoms with Gasteiger partial charge >= 0.3 is 6.03 Å². The number of aryl methyl sites for hydroxylation is 1. The van der Waals surface area contributed by atoms with Crippen molar-refractivity contribution in [2.75, 3.05) is 16.0 Å². The summed E-state index contributed by atoms with van der Waals surface area (Å²) in [5, 5.41) is 24.9. The Morgan fingerprint density at radius 1 is 0.881 bits per heavy atom. The van der Waals surface area contributed by atoms with Crippen LogP contribution in [0.3, 0.4) is 0 Å². The Morgan fingerprint density at radius 2 is 1.64 bits per heavy atom. The number of benzene rings is 4. The lowest BCUT2D eigenvalue weighted by Crippen LogP contribution is -2.21. The molecule has 0 unspecified atom stereocenters. The van der Waals surface area contributed by atoms with E-state index in [2.05, 4.69) is 31.0 Å². The van der Waals surface area contributed by atoms with Gasteiger partial charge in [-0.1, -0.05) is 65.7 Å². The van der Waals surface area contributed by atoms with Crippen molar-refractivity contribution in [3.63, 3.8) is 0 Å². The number of ether oxygens (including phenoxy) is 1. The molecule has 208 valence electrons. The maximum atomic E-state index is 13.1. The van der Waals surface area contributed by atoms with Gasteiger partial charge in [0.05, 0.1) is 22.1 Å². The summed E-state index contributed by atoms with van der Waals surface area (Å²) in [6.07, 6.45) is 1.59. The summed E-state index contributed by atoms with van der Waals surface area (Å²) in [6, 6.07) is 28.4. The van der Waals surface area contributed by atoms with Crippen molar-refractivity contribution in [1.29, 1.82) is 0 Å². The van der Waals surface area contributed by atoms with E-state index in [1.54, 1.807) is 30.5 Å². The molecule has 11 heteroatoms. The molecule has 2 aromatic heterocycles. The van der Waals surface area contributed by atoms with Crippen molar-refractivity contribution in [2.45, 2.75) is 6.92 Å². The van der Waals surface area contributed by atoms with Crippen molar-refractivity contribution in [2.24, 2.45) is 0 Å². The molecule has 4 aromatic carbocycles. The molecule has 0 atom stereocenters. The predicted octanol–water partition coefficient (Wildman–Crippen LogP) is 7.66. The molecule has 0 aliphatic rings. The zero-order valence-electron chi connectivity index (χ0n) is 22.2. The van der Waals surface area contributed by atoms with Crippen LogP contribution in [0.5, 0.6) is 17.5 Å². The second-order valence-corrected chi connectivity index (χ2v) is 9.70. The van der Waals surface area contributed by atoms with Crippen LogP contribution >= 0.6 is 11.6 Å². The molecule has 0 saturated carbocycles. The average molecular weight is 578 g/mol. The van der Waals surface area contributed by atoms with E-state index in [9.17, 15) is 9.90 Å². The van der Waals surface area contributed by atoms with Crippen LogP contribution in [0.4, 0.5) is 27.9 Å². The van der Waals surface area contributed by atoms with Gasteiger partial charge in [0, 0.05) is 29.1 Å². The second-order valence-electron chi connectivity index (χ2n) is 9.30. The highest BCUT2D eigenvalue weighted by Crippen LogP contribution is 2.34. The Bertz CT molecular complexity index is 1910. The number of para-hydroxylation sites is 1. The first kappa shape index (κ1) is 26.6. The molecule has 0 fully saturated rings. The lowest BCUT2D eigenvalue weighted by atomic mass is 10.1. The molecule has 0 bridgehead atoms. The maximum Gasteiger partial charge on any atom is 0.324 e. The predicted molar refractivity (Wildman–Crippen MR) is 163 cm³/mol. The molecule has 0 aliphatic heterocycles. The third-order valence-electron chi connectivity index (χ3n) is 6.31. The van der Waals surface area contributed by atoms with E-state index in [4.69, 9.17) is 16.3 Å². The highest BCUT2D eigenvalue weighted by atomic mass is 35.5. The van der Waals surface area contributed by atoms with Crippen molar-refractivity contribution in [3.05, 3.63) is 114 Å². The van der Waals surface area contributed by atoms with Crippen molar-refractivity contribution in [3.8, 4) is 23.2 Å². The minimum absolute atomic E-state index is 0.215. The molecule has 4 N–H and O–H groups in total. The van der Waals surface area contributed by atoms with Gasteiger partial charge in [0.2, 0.25) is 17.7 Å². The molecule has 0 saturated heterocycles. The molecular weight excluding hydrogens is 554 g/mol. The summed E-state index contributed by atoms with van der Waals surface area (Å²) in [5.74, 6) is 1.29. The SMILES string of the molecule is Cc1ccc(-n2nc(O)cc2NC(=O)Nc2ccc(Oc3ccnc(Nc4ccccc4Cl)n3)c3ccccc23)cc1. The smallest absolute Gasteiger partial charge is 0.324 e. The number of hydrogen-bond acceptors (Lipinski definition) is 7. The number of urea groups is 1. The lowest BCUT2D eigenvalue weighted by molar-refractivity contribution is 0.262. The number of rotatable bonds is 7. The van der Waals surface area contributed by atoms with E-state index < -0.39 is 6.03 Å². The van der Waals surface area contributed by atoms with E-state index in [-0.39, 0.29) is 5.88 Å². The number of aromatic hydroxyl groups is 1. The third kappa shape index (κ3) is 5.79. The highest BCUT2D eigenvalue weighted by Gasteiger charge is 2.15. The monoisotopic (exact) mass is 577 g/mol. The molecule has 6 rings (SSSR count). The minimum Gasteiger partial charge on any atom is -0.492 e. The standard InChI is InChI=1S/C31H24ClN7O3/c1-19-10-12-20(13-11-19)39-27(18-28(40)38-39)36-31(41)35-24-14-15-26(22-7-3-2-6-21(22)24)42-29-16-17-33-30(37-29)34-25-9-5-4-8-23(25)32/h2-18H,1H3,(H,38,40)(H,33,34,37)(H2,35,36,41). The van der Waals surface area contributed by atoms with Gasteiger partial charge in [0.1, 0.15) is 11.6 Å². The average Bonchev–Trinajstić information content (AvgIpc) is 3.35. The number of aromatic nitrogens is 4. The normalized spacial score (nSPS) is 10.8. The summed E-state index contributed by atoms with van der Waals surface area (Å²) in [7, 11) is 0. The van der Waals surface area contributed by atoms with E-state index in [0.29, 0.717) is 45.5 Å². The van der Waals surface area contributed by atoms with Gasteiger partial charge in [-0.05, 0) is 43.3 Å². The van der Waals surface area contributed by atoms with Crippen molar-refractivity contribution < 1.29 is 14.6 Å². The molecule has 42 heavy (non-hydrogen) atoms.